The van der Waals surface area contributed by atoms with Crippen molar-refractivity contribution in [3.05, 3.63) is 39.9 Å². The Morgan fingerprint density at radius 3 is 2.81 bits per heavy atom. The molecule has 0 saturated heterocycles. The standard InChI is InChI=1S/C10H12BrN5/c1-6-5-7(3-4-13-6)8(12)9-10(11)14-15-16(9)2/h3-5,8H,12H2,1-2H3. The van der Waals surface area contributed by atoms with E-state index in [0.29, 0.717) is 4.60 Å². The van der Waals surface area contributed by atoms with Gasteiger partial charge in [-0.15, -0.1) is 5.10 Å². The Bertz CT molecular complexity index is 488. The van der Waals surface area contributed by atoms with Crippen LogP contribution in [0.4, 0.5) is 0 Å². The lowest BCUT2D eigenvalue weighted by Crippen LogP contribution is -2.16. The molecule has 2 aromatic heterocycles. The van der Waals surface area contributed by atoms with Gasteiger partial charge in [0.15, 0.2) is 4.60 Å². The van der Waals surface area contributed by atoms with Gasteiger partial charge >= 0.3 is 0 Å². The van der Waals surface area contributed by atoms with E-state index in [4.69, 9.17) is 5.73 Å². The van der Waals surface area contributed by atoms with Crippen molar-refractivity contribution in [1.29, 1.82) is 0 Å². The zero-order chi connectivity index (χ0) is 11.7. The number of hydrogen-bond acceptors (Lipinski definition) is 4. The number of rotatable bonds is 2. The van der Waals surface area contributed by atoms with Crippen molar-refractivity contribution in [1.82, 2.24) is 20.0 Å². The van der Waals surface area contributed by atoms with Crippen LogP contribution < -0.4 is 5.73 Å². The second-order valence-electron chi connectivity index (χ2n) is 3.60. The number of aromatic nitrogens is 4. The zero-order valence-electron chi connectivity index (χ0n) is 9.05. The Morgan fingerprint density at radius 2 is 2.25 bits per heavy atom. The van der Waals surface area contributed by atoms with Crippen molar-refractivity contribution < 1.29 is 0 Å². The van der Waals surface area contributed by atoms with Crippen molar-refractivity contribution in [3.8, 4) is 0 Å². The van der Waals surface area contributed by atoms with E-state index in [1.54, 1.807) is 10.9 Å². The van der Waals surface area contributed by atoms with Crippen molar-refractivity contribution in [2.75, 3.05) is 0 Å². The van der Waals surface area contributed by atoms with E-state index in [-0.39, 0.29) is 6.04 Å². The fourth-order valence-electron chi connectivity index (χ4n) is 1.59. The molecule has 0 spiro atoms. The Morgan fingerprint density at radius 1 is 1.50 bits per heavy atom. The van der Waals surface area contributed by atoms with Crippen molar-refractivity contribution >= 4 is 15.9 Å². The predicted octanol–water partition coefficient (Wildman–Crippen LogP) is 1.33. The molecule has 0 fully saturated rings. The van der Waals surface area contributed by atoms with Crippen molar-refractivity contribution in [2.45, 2.75) is 13.0 Å². The Labute approximate surface area is 102 Å². The first-order valence-electron chi connectivity index (χ1n) is 4.83. The summed E-state index contributed by atoms with van der Waals surface area (Å²) in [6.45, 7) is 1.94. The van der Waals surface area contributed by atoms with Crippen LogP contribution in [0.3, 0.4) is 0 Å². The van der Waals surface area contributed by atoms with Crippen molar-refractivity contribution in [2.24, 2.45) is 12.8 Å². The summed E-state index contributed by atoms with van der Waals surface area (Å²) in [5.41, 5.74) is 8.97. The maximum absolute atomic E-state index is 6.17. The lowest BCUT2D eigenvalue weighted by molar-refractivity contribution is 0.650. The molecular weight excluding hydrogens is 270 g/mol. The molecule has 5 nitrogen and oxygen atoms in total. The summed E-state index contributed by atoms with van der Waals surface area (Å²) < 4.78 is 2.35. The minimum absolute atomic E-state index is 0.254. The van der Waals surface area contributed by atoms with Crippen LogP contribution in [0.5, 0.6) is 0 Å². The maximum atomic E-state index is 6.17. The molecule has 6 heteroatoms. The minimum Gasteiger partial charge on any atom is -0.319 e. The predicted molar refractivity (Wildman–Crippen MR) is 63.7 cm³/mol. The zero-order valence-corrected chi connectivity index (χ0v) is 10.6. The lowest BCUT2D eigenvalue weighted by atomic mass is 10.1. The van der Waals surface area contributed by atoms with E-state index in [1.807, 2.05) is 26.1 Å². The monoisotopic (exact) mass is 281 g/mol. The van der Waals surface area contributed by atoms with Crippen LogP contribution in [0.1, 0.15) is 23.0 Å². The van der Waals surface area contributed by atoms with Crippen LogP contribution in [0.2, 0.25) is 0 Å². The van der Waals surface area contributed by atoms with Crippen LogP contribution in [0, 0.1) is 6.92 Å². The summed E-state index contributed by atoms with van der Waals surface area (Å²) in [6.07, 6.45) is 1.75. The second kappa shape index (κ2) is 4.31. The van der Waals surface area contributed by atoms with Crippen LogP contribution >= 0.6 is 15.9 Å². The van der Waals surface area contributed by atoms with Gasteiger partial charge in [0, 0.05) is 18.9 Å². The Balaban J connectivity index is 2.43. The van der Waals surface area contributed by atoms with E-state index in [0.717, 1.165) is 17.0 Å². The SMILES string of the molecule is Cc1cc(C(N)c2c(Br)nnn2C)ccn1. The van der Waals surface area contributed by atoms with Gasteiger partial charge in [0.2, 0.25) is 0 Å². The molecule has 2 aromatic rings. The molecule has 2 N–H and O–H groups in total. The highest BCUT2D eigenvalue weighted by atomic mass is 79.9. The van der Waals surface area contributed by atoms with Crippen LogP contribution in [0.25, 0.3) is 0 Å². The second-order valence-corrected chi connectivity index (χ2v) is 4.35. The Hall–Kier alpha value is -1.27. The molecule has 2 heterocycles. The third-order valence-electron chi connectivity index (χ3n) is 2.40. The summed E-state index contributed by atoms with van der Waals surface area (Å²) in [4.78, 5) is 4.14. The van der Waals surface area contributed by atoms with E-state index < -0.39 is 0 Å². The first kappa shape index (κ1) is 11.2. The van der Waals surface area contributed by atoms with Crippen LogP contribution in [-0.4, -0.2) is 20.0 Å². The Kier molecular flexibility index (Phi) is 3.02. The van der Waals surface area contributed by atoms with E-state index in [1.165, 1.54) is 0 Å². The topological polar surface area (TPSA) is 69.6 Å². The highest BCUT2D eigenvalue weighted by molar-refractivity contribution is 9.10. The molecule has 16 heavy (non-hydrogen) atoms. The van der Waals surface area contributed by atoms with E-state index in [9.17, 15) is 0 Å². The number of hydrogen-bond donors (Lipinski definition) is 1. The van der Waals surface area contributed by atoms with Gasteiger partial charge in [-0.3, -0.25) is 4.98 Å². The summed E-state index contributed by atoms with van der Waals surface area (Å²) in [6, 6.07) is 3.61. The van der Waals surface area contributed by atoms with Gasteiger partial charge in [-0.05, 0) is 40.5 Å². The van der Waals surface area contributed by atoms with E-state index >= 15 is 0 Å². The summed E-state index contributed by atoms with van der Waals surface area (Å²) in [7, 11) is 1.82. The van der Waals surface area contributed by atoms with Crippen LogP contribution in [0.15, 0.2) is 22.9 Å². The minimum atomic E-state index is -0.254. The summed E-state index contributed by atoms with van der Waals surface area (Å²) >= 11 is 3.34. The smallest absolute Gasteiger partial charge is 0.153 e. The third-order valence-corrected chi connectivity index (χ3v) is 2.97. The number of halogens is 1. The normalized spacial score (nSPS) is 12.8. The first-order valence-corrected chi connectivity index (χ1v) is 5.62. The average Bonchev–Trinajstić information content (AvgIpc) is 2.58. The molecule has 0 aliphatic heterocycles. The fraction of sp³-hybridized carbons (Fsp3) is 0.300. The molecule has 0 aromatic carbocycles. The molecule has 0 bridgehead atoms. The number of pyridine rings is 1. The van der Waals surface area contributed by atoms with E-state index in [2.05, 4.69) is 31.2 Å². The lowest BCUT2D eigenvalue weighted by Gasteiger charge is -2.12. The third kappa shape index (κ3) is 1.98. The molecule has 0 aliphatic rings. The molecule has 0 saturated carbocycles. The molecule has 0 aliphatic carbocycles. The molecular formula is C10H12BrN5. The molecule has 0 amide bonds. The van der Waals surface area contributed by atoms with Crippen LogP contribution in [-0.2, 0) is 7.05 Å². The number of nitrogens with zero attached hydrogens (tertiary/aromatic N) is 4. The summed E-state index contributed by atoms with van der Waals surface area (Å²) in [5.74, 6) is 0. The highest BCUT2D eigenvalue weighted by Crippen LogP contribution is 2.24. The quantitative estimate of drug-likeness (QED) is 0.902. The van der Waals surface area contributed by atoms with Gasteiger partial charge in [-0.25, -0.2) is 4.68 Å². The fourth-order valence-corrected chi connectivity index (χ4v) is 2.16. The van der Waals surface area contributed by atoms with Crippen molar-refractivity contribution in [3.63, 3.8) is 0 Å². The molecule has 1 unspecified atom stereocenters. The summed E-state index contributed by atoms with van der Waals surface area (Å²) in [5, 5.41) is 7.83. The van der Waals surface area contributed by atoms with Gasteiger partial charge in [-0.2, -0.15) is 0 Å². The highest BCUT2D eigenvalue weighted by Gasteiger charge is 2.18. The van der Waals surface area contributed by atoms with Gasteiger partial charge in [0.1, 0.15) is 0 Å². The van der Waals surface area contributed by atoms with Gasteiger partial charge in [-0.1, -0.05) is 5.21 Å². The van der Waals surface area contributed by atoms with Gasteiger partial charge in [0.25, 0.3) is 0 Å². The number of nitrogens with two attached hydrogens (primary N) is 1. The molecule has 1 atom stereocenters. The maximum Gasteiger partial charge on any atom is 0.153 e. The molecule has 0 radical (unpaired) electrons. The first-order chi connectivity index (χ1) is 7.59. The molecule has 84 valence electrons. The number of aryl methyl sites for hydroxylation is 2. The largest absolute Gasteiger partial charge is 0.319 e. The van der Waals surface area contributed by atoms with Gasteiger partial charge in [0.05, 0.1) is 11.7 Å². The van der Waals surface area contributed by atoms with Gasteiger partial charge < -0.3 is 5.73 Å². The molecule has 2 rings (SSSR count). The average molecular weight is 282 g/mol.